The first kappa shape index (κ1) is 13.9. The van der Waals surface area contributed by atoms with Crippen LogP contribution >= 0.6 is 0 Å². The summed E-state index contributed by atoms with van der Waals surface area (Å²) in [4.78, 5) is 6.63. The van der Waals surface area contributed by atoms with Crippen molar-refractivity contribution < 1.29 is 9.47 Å². The number of benzene rings is 1. The van der Waals surface area contributed by atoms with Gasteiger partial charge in [0.1, 0.15) is 19.0 Å². The van der Waals surface area contributed by atoms with Crippen molar-refractivity contribution in [1.82, 2.24) is 9.88 Å². The Hall–Kier alpha value is -2.01. The van der Waals surface area contributed by atoms with Gasteiger partial charge in [0.2, 0.25) is 0 Å². The molecule has 1 atom stereocenters. The predicted molar refractivity (Wildman–Crippen MR) is 84.4 cm³/mol. The van der Waals surface area contributed by atoms with Gasteiger partial charge in [-0.05, 0) is 44.6 Å². The monoisotopic (exact) mass is 287 g/mol. The predicted octanol–water partition coefficient (Wildman–Crippen LogP) is 2.37. The molecule has 5 heteroatoms. The smallest absolute Gasteiger partial charge is 0.162 e. The van der Waals surface area contributed by atoms with Crippen LogP contribution in [0.2, 0.25) is 0 Å². The van der Waals surface area contributed by atoms with Gasteiger partial charge in [0, 0.05) is 24.2 Å². The van der Waals surface area contributed by atoms with E-state index < -0.39 is 0 Å². The third-order valence-corrected chi connectivity index (χ3v) is 3.45. The topological polar surface area (TPSA) is 46.6 Å². The lowest BCUT2D eigenvalue weighted by Gasteiger charge is -2.21. The second-order valence-corrected chi connectivity index (χ2v) is 5.68. The molecular weight excluding hydrogens is 266 g/mol. The van der Waals surface area contributed by atoms with Crippen LogP contribution in [0.4, 0.5) is 5.82 Å². The van der Waals surface area contributed by atoms with E-state index in [9.17, 15) is 0 Å². The van der Waals surface area contributed by atoms with Gasteiger partial charge in [0.15, 0.2) is 11.5 Å². The van der Waals surface area contributed by atoms with Gasteiger partial charge < -0.3 is 19.7 Å². The number of aromatic nitrogens is 1. The number of rotatable bonds is 4. The minimum Gasteiger partial charge on any atom is -0.486 e. The summed E-state index contributed by atoms with van der Waals surface area (Å²) < 4.78 is 11.3. The summed E-state index contributed by atoms with van der Waals surface area (Å²) >= 11 is 0. The Morgan fingerprint density at radius 2 is 1.95 bits per heavy atom. The van der Waals surface area contributed by atoms with E-state index in [1.54, 1.807) is 0 Å². The van der Waals surface area contributed by atoms with Crippen molar-refractivity contribution in [2.45, 2.75) is 13.0 Å². The highest BCUT2D eigenvalue weighted by Crippen LogP contribution is 2.36. The van der Waals surface area contributed by atoms with Crippen molar-refractivity contribution in [1.29, 1.82) is 0 Å². The number of likely N-dealkylation sites (N-methyl/N-ethyl adjacent to an activating group) is 1. The van der Waals surface area contributed by atoms with Gasteiger partial charge in [-0.1, -0.05) is 0 Å². The second-order valence-electron chi connectivity index (χ2n) is 5.68. The van der Waals surface area contributed by atoms with Crippen molar-refractivity contribution in [3.63, 3.8) is 0 Å². The number of nitrogens with one attached hydrogen (secondary N) is 1. The summed E-state index contributed by atoms with van der Waals surface area (Å²) in [6.45, 7) is 4.30. The van der Waals surface area contributed by atoms with E-state index in [-0.39, 0.29) is 0 Å². The van der Waals surface area contributed by atoms with Crippen molar-refractivity contribution >= 4 is 16.6 Å². The van der Waals surface area contributed by atoms with Gasteiger partial charge in [0.25, 0.3) is 0 Å². The van der Waals surface area contributed by atoms with E-state index in [4.69, 9.17) is 9.47 Å². The maximum absolute atomic E-state index is 5.67. The summed E-state index contributed by atoms with van der Waals surface area (Å²) in [6, 6.07) is 6.34. The van der Waals surface area contributed by atoms with E-state index in [1.807, 2.05) is 24.4 Å². The molecule has 1 aliphatic rings. The van der Waals surface area contributed by atoms with Gasteiger partial charge in [-0.2, -0.15) is 0 Å². The zero-order valence-corrected chi connectivity index (χ0v) is 12.7. The van der Waals surface area contributed by atoms with Crippen molar-refractivity contribution in [2.75, 3.05) is 39.2 Å². The van der Waals surface area contributed by atoms with Gasteiger partial charge >= 0.3 is 0 Å². The SMILES string of the molecule is CC(CN(C)C)Nc1nccc2cc3c(cc12)OCCO3. The van der Waals surface area contributed by atoms with Crippen LogP contribution in [-0.4, -0.2) is 49.8 Å². The van der Waals surface area contributed by atoms with Crippen LogP contribution in [0.15, 0.2) is 24.4 Å². The molecule has 2 aromatic rings. The van der Waals surface area contributed by atoms with Gasteiger partial charge in [0.05, 0.1) is 0 Å². The van der Waals surface area contributed by atoms with E-state index in [2.05, 4.69) is 36.2 Å². The Balaban J connectivity index is 1.95. The molecule has 0 amide bonds. The first-order valence-corrected chi connectivity index (χ1v) is 7.23. The molecule has 1 aliphatic heterocycles. The summed E-state index contributed by atoms with van der Waals surface area (Å²) in [5.41, 5.74) is 0. The lowest BCUT2D eigenvalue weighted by Crippen LogP contribution is -2.30. The maximum atomic E-state index is 5.67. The van der Waals surface area contributed by atoms with Crippen LogP contribution in [0.1, 0.15) is 6.92 Å². The fourth-order valence-corrected chi connectivity index (χ4v) is 2.65. The molecule has 21 heavy (non-hydrogen) atoms. The fourth-order valence-electron chi connectivity index (χ4n) is 2.65. The summed E-state index contributed by atoms with van der Waals surface area (Å²) in [5, 5.41) is 5.64. The van der Waals surface area contributed by atoms with Gasteiger partial charge in [-0.25, -0.2) is 4.98 Å². The van der Waals surface area contributed by atoms with Crippen molar-refractivity contribution in [3.8, 4) is 11.5 Å². The minimum atomic E-state index is 0.311. The third-order valence-electron chi connectivity index (χ3n) is 3.45. The molecule has 1 aromatic heterocycles. The Labute approximate surface area is 124 Å². The van der Waals surface area contributed by atoms with Crippen molar-refractivity contribution in [3.05, 3.63) is 24.4 Å². The molecule has 1 N–H and O–H groups in total. The Bertz CT molecular complexity index is 643. The number of hydrogen-bond donors (Lipinski definition) is 1. The van der Waals surface area contributed by atoms with Gasteiger partial charge in [-0.3, -0.25) is 0 Å². The number of nitrogens with zero attached hydrogens (tertiary/aromatic N) is 2. The molecule has 0 spiro atoms. The molecule has 1 aromatic carbocycles. The number of pyridine rings is 1. The first-order valence-electron chi connectivity index (χ1n) is 7.23. The minimum absolute atomic E-state index is 0.311. The molecule has 3 rings (SSSR count). The average molecular weight is 287 g/mol. The van der Waals surface area contributed by atoms with Crippen LogP contribution < -0.4 is 14.8 Å². The highest BCUT2D eigenvalue weighted by Gasteiger charge is 2.15. The molecule has 0 bridgehead atoms. The molecule has 0 fully saturated rings. The number of fused-ring (bicyclic) bond motifs is 2. The van der Waals surface area contributed by atoms with E-state index in [0.29, 0.717) is 19.3 Å². The normalized spacial score (nSPS) is 15.2. The maximum Gasteiger partial charge on any atom is 0.162 e. The quantitative estimate of drug-likeness (QED) is 0.935. The van der Waals surface area contributed by atoms with Crippen LogP contribution in [0.3, 0.4) is 0 Å². The molecule has 0 saturated heterocycles. The highest BCUT2D eigenvalue weighted by atomic mass is 16.6. The molecule has 0 aliphatic carbocycles. The first-order chi connectivity index (χ1) is 10.1. The number of hydrogen-bond acceptors (Lipinski definition) is 5. The molecule has 1 unspecified atom stereocenters. The van der Waals surface area contributed by atoms with E-state index >= 15 is 0 Å². The number of ether oxygens (including phenoxy) is 2. The Morgan fingerprint density at radius 1 is 1.24 bits per heavy atom. The second kappa shape index (κ2) is 5.77. The average Bonchev–Trinajstić information content (AvgIpc) is 2.45. The largest absolute Gasteiger partial charge is 0.486 e. The van der Waals surface area contributed by atoms with E-state index in [0.717, 1.165) is 34.6 Å². The molecule has 112 valence electrons. The number of anilines is 1. The standard InChI is InChI=1S/C16H21N3O2/c1-11(10-19(2)3)18-16-13-9-15-14(20-6-7-21-15)8-12(13)4-5-17-16/h4-5,8-9,11H,6-7,10H2,1-3H3,(H,17,18). The van der Waals surface area contributed by atoms with Crippen LogP contribution in [0.25, 0.3) is 10.8 Å². The van der Waals surface area contributed by atoms with Crippen molar-refractivity contribution in [2.24, 2.45) is 0 Å². The molecule has 2 heterocycles. The molecule has 0 radical (unpaired) electrons. The summed E-state index contributed by atoms with van der Waals surface area (Å²) in [6.07, 6.45) is 1.82. The van der Waals surface area contributed by atoms with Crippen LogP contribution in [0, 0.1) is 0 Å². The summed E-state index contributed by atoms with van der Waals surface area (Å²) in [5.74, 6) is 2.50. The lowest BCUT2D eigenvalue weighted by atomic mass is 10.1. The van der Waals surface area contributed by atoms with Crippen LogP contribution in [-0.2, 0) is 0 Å². The Kier molecular flexibility index (Phi) is 3.84. The Morgan fingerprint density at radius 3 is 2.67 bits per heavy atom. The molecule has 0 saturated carbocycles. The zero-order valence-electron chi connectivity index (χ0n) is 12.7. The summed E-state index contributed by atoms with van der Waals surface area (Å²) in [7, 11) is 4.13. The molecule has 5 nitrogen and oxygen atoms in total. The van der Waals surface area contributed by atoms with Crippen LogP contribution in [0.5, 0.6) is 11.5 Å². The third kappa shape index (κ3) is 3.03. The molecular formula is C16H21N3O2. The lowest BCUT2D eigenvalue weighted by molar-refractivity contribution is 0.172. The fraction of sp³-hybridized carbons (Fsp3) is 0.438. The highest BCUT2D eigenvalue weighted by molar-refractivity contribution is 5.94. The van der Waals surface area contributed by atoms with E-state index in [1.165, 1.54) is 0 Å². The zero-order chi connectivity index (χ0) is 14.8. The van der Waals surface area contributed by atoms with Gasteiger partial charge in [-0.15, -0.1) is 0 Å².